The number of piperazine rings is 1. The van der Waals surface area contributed by atoms with Crippen molar-refractivity contribution in [2.75, 3.05) is 39.8 Å². The first kappa shape index (κ1) is 24.5. The Bertz CT molecular complexity index is 898. The molecule has 0 radical (unpaired) electrons. The molecule has 4 rings (SSSR count). The van der Waals surface area contributed by atoms with Crippen molar-refractivity contribution in [1.82, 2.24) is 25.2 Å². The summed E-state index contributed by atoms with van der Waals surface area (Å²) < 4.78 is 5.16. The fraction of sp³-hybridized carbons (Fsp3) is 0.522. The number of nitrogens with zero attached hydrogens (tertiary/aromatic N) is 5. The molecule has 0 bridgehead atoms. The second kappa shape index (κ2) is 11.6. The molecule has 1 aromatic carbocycles. The lowest BCUT2D eigenvalue weighted by Gasteiger charge is -2.36. The highest BCUT2D eigenvalue weighted by molar-refractivity contribution is 14.0. The van der Waals surface area contributed by atoms with Crippen LogP contribution in [-0.4, -0.2) is 71.5 Å². The summed E-state index contributed by atoms with van der Waals surface area (Å²) >= 11 is 0. The minimum atomic E-state index is 0. The van der Waals surface area contributed by atoms with E-state index in [0.29, 0.717) is 6.42 Å². The molecular weight excluding hydrogens is 519 g/mol. The molecule has 2 aromatic rings. The minimum absolute atomic E-state index is 0. The number of benzene rings is 1. The third kappa shape index (κ3) is 6.22. The van der Waals surface area contributed by atoms with Crippen LogP contribution in [0.5, 0.6) is 0 Å². The standard InChI is InChI=1S/C23H32N6O2.HI/c1-18-14-21(26-31-18)17-27-10-12-28(13-11-27)23(24-2)25-9-5-8-22(30)29-15-19-6-3-4-7-20(19)16-29;/h3-4,6-7,14H,5,8-13,15-17H2,1-2H3,(H,24,25);1H. The van der Waals surface area contributed by atoms with Crippen molar-refractivity contribution in [3.05, 3.63) is 52.9 Å². The van der Waals surface area contributed by atoms with Crippen molar-refractivity contribution in [3.8, 4) is 0 Å². The number of carbonyl (C=O) groups excluding carboxylic acids is 1. The van der Waals surface area contributed by atoms with Crippen LogP contribution in [0.3, 0.4) is 0 Å². The molecule has 0 atom stereocenters. The lowest BCUT2D eigenvalue weighted by Crippen LogP contribution is -2.52. The Morgan fingerprint density at radius 1 is 1.12 bits per heavy atom. The lowest BCUT2D eigenvalue weighted by atomic mass is 10.1. The quantitative estimate of drug-likeness (QED) is 0.257. The molecule has 32 heavy (non-hydrogen) atoms. The van der Waals surface area contributed by atoms with Crippen molar-refractivity contribution >= 4 is 35.8 Å². The van der Waals surface area contributed by atoms with E-state index in [1.54, 1.807) is 0 Å². The van der Waals surface area contributed by atoms with E-state index < -0.39 is 0 Å². The normalized spacial score (nSPS) is 16.6. The molecule has 0 spiro atoms. The van der Waals surface area contributed by atoms with Crippen LogP contribution in [-0.2, 0) is 24.4 Å². The van der Waals surface area contributed by atoms with E-state index in [4.69, 9.17) is 4.52 Å². The molecule has 1 N–H and O–H groups in total. The fourth-order valence-electron chi connectivity index (χ4n) is 4.28. The van der Waals surface area contributed by atoms with Crippen molar-refractivity contribution < 1.29 is 9.32 Å². The van der Waals surface area contributed by atoms with Gasteiger partial charge >= 0.3 is 0 Å². The van der Waals surface area contributed by atoms with Gasteiger partial charge in [-0.15, -0.1) is 24.0 Å². The van der Waals surface area contributed by atoms with Gasteiger partial charge in [-0.1, -0.05) is 29.4 Å². The van der Waals surface area contributed by atoms with Crippen molar-refractivity contribution in [3.63, 3.8) is 0 Å². The third-order valence-electron chi connectivity index (χ3n) is 5.99. The Kier molecular flexibility index (Phi) is 8.92. The number of fused-ring (bicyclic) bond motifs is 1. The van der Waals surface area contributed by atoms with Gasteiger partial charge in [0.1, 0.15) is 5.76 Å². The van der Waals surface area contributed by atoms with Gasteiger partial charge in [0.15, 0.2) is 5.96 Å². The zero-order chi connectivity index (χ0) is 21.6. The van der Waals surface area contributed by atoms with Crippen LogP contribution in [0, 0.1) is 6.92 Å². The van der Waals surface area contributed by atoms with E-state index in [9.17, 15) is 4.79 Å². The number of amides is 1. The zero-order valence-corrected chi connectivity index (χ0v) is 21.2. The highest BCUT2D eigenvalue weighted by atomic mass is 127. The number of aryl methyl sites for hydroxylation is 1. The first-order valence-electron chi connectivity index (χ1n) is 11.1. The number of nitrogens with one attached hydrogen (secondary N) is 1. The summed E-state index contributed by atoms with van der Waals surface area (Å²) in [6.07, 6.45) is 1.36. The van der Waals surface area contributed by atoms with Crippen LogP contribution in [0.2, 0.25) is 0 Å². The fourth-order valence-corrected chi connectivity index (χ4v) is 4.28. The number of hydrogen-bond acceptors (Lipinski definition) is 5. The maximum atomic E-state index is 12.6. The first-order valence-corrected chi connectivity index (χ1v) is 11.1. The van der Waals surface area contributed by atoms with Gasteiger partial charge in [0.05, 0.1) is 5.69 Å². The molecule has 1 amide bonds. The average molecular weight is 552 g/mol. The number of carbonyl (C=O) groups is 1. The topological polar surface area (TPSA) is 77.2 Å². The molecule has 174 valence electrons. The predicted molar refractivity (Wildman–Crippen MR) is 135 cm³/mol. The zero-order valence-electron chi connectivity index (χ0n) is 18.9. The van der Waals surface area contributed by atoms with E-state index in [2.05, 4.69) is 37.4 Å². The largest absolute Gasteiger partial charge is 0.361 e. The smallest absolute Gasteiger partial charge is 0.223 e. The van der Waals surface area contributed by atoms with Crippen LogP contribution < -0.4 is 5.32 Å². The SMILES string of the molecule is CN=C(NCCCC(=O)N1Cc2ccccc2C1)N1CCN(Cc2cc(C)on2)CC1.I. The van der Waals surface area contributed by atoms with Crippen LogP contribution >= 0.6 is 24.0 Å². The van der Waals surface area contributed by atoms with Crippen LogP contribution in [0.1, 0.15) is 35.4 Å². The molecular formula is C23H33IN6O2. The molecule has 3 heterocycles. The van der Waals surface area contributed by atoms with Gasteiger partial charge in [0.25, 0.3) is 0 Å². The molecule has 2 aliphatic rings. The Balaban J connectivity index is 0.00000289. The molecule has 0 aliphatic carbocycles. The predicted octanol–water partition coefficient (Wildman–Crippen LogP) is 2.62. The molecule has 0 unspecified atom stereocenters. The van der Waals surface area contributed by atoms with Gasteiger partial charge in [-0.05, 0) is 24.5 Å². The van der Waals surface area contributed by atoms with E-state index in [-0.39, 0.29) is 29.9 Å². The summed E-state index contributed by atoms with van der Waals surface area (Å²) in [4.78, 5) is 23.6. The number of aromatic nitrogens is 1. The van der Waals surface area contributed by atoms with E-state index in [0.717, 1.165) is 76.2 Å². The van der Waals surface area contributed by atoms with Gasteiger partial charge < -0.3 is 19.6 Å². The second-order valence-electron chi connectivity index (χ2n) is 8.29. The van der Waals surface area contributed by atoms with Crippen LogP contribution in [0.25, 0.3) is 0 Å². The Labute approximate surface area is 207 Å². The van der Waals surface area contributed by atoms with Gasteiger partial charge in [-0.25, -0.2) is 0 Å². The van der Waals surface area contributed by atoms with Gasteiger partial charge in [0, 0.05) is 71.9 Å². The molecule has 8 nitrogen and oxygen atoms in total. The van der Waals surface area contributed by atoms with Crippen molar-refractivity contribution in [2.24, 2.45) is 4.99 Å². The van der Waals surface area contributed by atoms with Gasteiger partial charge in [0.2, 0.25) is 5.91 Å². The summed E-state index contributed by atoms with van der Waals surface area (Å²) in [5.74, 6) is 1.99. The Morgan fingerprint density at radius 3 is 2.41 bits per heavy atom. The summed E-state index contributed by atoms with van der Waals surface area (Å²) in [5.41, 5.74) is 3.53. The molecule has 1 fully saturated rings. The van der Waals surface area contributed by atoms with E-state index in [1.165, 1.54) is 11.1 Å². The number of halogens is 1. The minimum Gasteiger partial charge on any atom is -0.361 e. The monoisotopic (exact) mass is 552 g/mol. The van der Waals surface area contributed by atoms with Gasteiger partial charge in [-0.2, -0.15) is 0 Å². The maximum absolute atomic E-state index is 12.6. The maximum Gasteiger partial charge on any atom is 0.223 e. The number of rotatable bonds is 6. The average Bonchev–Trinajstić information content (AvgIpc) is 3.40. The Morgan fingerprint density at radius 2 is 1.81 bits per heavy atom. The van der Waals surface area contributed by atoms with E-state index in [1.807, 2.05) is 37.1 Å². The molecule has 1 saturated heterocycles. The first-order chi connectivity index (χ1) is 15.1. The molecule has 2 aliphatic heterocycles. The van der Waals surface area contributed by atoms with Crippen LogP contribution in [0.15, 0.2) is 39.8 Å². The lowest BCUT2D eigenvalue weighted by molar-refractivity contribution is -0.131. The second-order valence-corrected chi connectivity index (χ2v) is 8.29. The number of aliphatic imine (C=N–C) groups is 1. The Hall–Kier alpha value is -2.14. The summed E-state index contributed by atoms with van der Waals surface area (Å²) in [6.45, 7) is 8.72. The highest BCUT2D eigenvalue weighted by Gasteiger charge is 2.23. The number of guanidine groups is 1. The van der Waals surface area contributed by atoms with Crippen molar-refractivity contribution in [2.45, 2.75) is 39.4 Å². The third-order valence-corrected chi connectivity index (χ3v) is 5.99. The molecule has 9 heteroatoms. The highest BCUT2D eigenvalue weighted by Crippen LogP contribution is 2.22. The number of hydrogen-bond donors (Lipinski definition) is 1. The summed E-state index contributed by atoms with van der Waals surface area (Å²) in [7, 11) is 1.82. The van der Waals surface area contributed by atoms with Gasteiger partial charge in [-0.3, -0.25) is 14.7 Å². The summed E-state index contributed by atoms with van der Waals surface area (Å²) in [5, 5.41) is 7.52. The molecule has 0 saturated carbocycles. The van der Waals surface area contributed by atoms with Crippen LogP contribution in [0.4, 0.5) is 0 Å². The van der Waals surface area contributed by atoms with Crippen molar-refractivity contribution in [1.29, 1.82) is 0 Å². The summed E-state index contributed by atoms with van der Waals surface area (Å²) in [6, 6.07) is 10.3. The van der Waals surface area contributed by atoms with E-state index >= 15 is 0 Å². The molecule has 1 aromatic heterocycles.